The van der Waals surface area contributed by atoms with Crippen LogP contribution in [0.15, 0.2) is 60.1 Å². The minimum absolute atomic E-state index is 0.186. The highest BCUT2D eigenvalue weighted by Gasteiger charge is 2.19. The molecule has 0 aliphatic rings. The number of aromatic nitrogens is 3. The number of anilines is 2. The van der Waals surface area contributed by atoms with Crippen LogP contribution in [0.5, 0.6) is 0 Å². The fourth-order valence-electron chi connectivity index (χ4n) is 3.27. The first-order valence-electron chi connectivity index (χ1n) is 9.68. The maximum absolute atomic E-state index is 12.4. The van der Waals surface area contributed by atoms with Gasteiger partial charge in [-0.3, -0.25) is 14.9 Å². The Labute approximate surface area is 183 Å². The lowest BCUT2D eigenvalue weighted by Crippen LogP contribution is -2.13. The summed E-state index contributed by atoms with van der Waals surface area (Å²) in [6, 6.07) is 15.1. The van der Waals surface area contributed by atoms with Crippen molar-refractivity contribution in [3.8, 4) is 16.8 Å². The minimum atomic E-state index is -0.236. The van der Waals surface area contributed by atoms with Crippen molar-refractivity contribution in [3.63, 3.8) is 0 Å². The first kappa shape index (κ1) is 20.5. The third-order valence-electron chi connectivity index (χ3n) is 4.72. The number of carbonyl (C=O) groups excluding carboxylic acids is 2. The standard InChI is InChI=1S/C23H21N5O2S/c1-14-4-6-17(7-5-14)20-15(2)27-28(21(20)25-16(3)29)19-10-8-18(9-11-19)22(30)26-23-24-12-13-31-23/h4-13H,1-3H3,(H,25,29)(H,24,26,30). The van der Waals surface area contributed by atoms with Gasteiger partial charge in [-0.1, -0.05) is 29.8 Å². The number of aryl methyl sites for hydroxylation is 2. The van der Waals surface area contributed by atoms with Crippen LogP contribution < -0.4 is 10.6 Å². The van der Waals surface area contributed by atoms with E-state index < -0.39 is 0 Å². The molecule has 0 atom stereocenters. The van der Waals surface area contributed by atoms with Gasteiger partial charge in [0, 0.05) is 29.6 Å². The summed E-state index contributed by atoms with van der Waals surface area (Å²) >= 11 is 1.36. The summed E-state index contributed by atoms with van der Waals surface area (Å²) in [5.41, 5.74) is 5.01. The highest BCUT2D eigenvalue weighted by atomic mass is 32.1. The zero-order valence-electron chi connectivity index (χ0n) is 17.3. The van der Waals surface area contributed by atoms with E-state index in [1.54, 1.807) is 40.5 Å². The number of amides is 2. The number of benzene rings is 2. The Kier molecular flexibility index (Phi) is 5.64. The summed E-state index contributed by atoms with van der Waals surface area (Å²) < 4.78 is 1.69. The van der Waals surface area contributed by atoms with Crippen molar-refractivity contribution in [2.75, 3.05) is 10.6 Å². The van der Waals surface area contributed by atoms with Gasteiger partial charge in [0.15, 0.2) is 5.13 Å². The molecule has 7 nitrogen and oxygen atoms in total. The van der Waals surface area contributed by atoms with E-state index in [-0.39, 0.29) is 11.8 Å². The van der Waals surface area contributed by atoms with E-state index >= 15 is 0 Å². The van der Waals surface area contributed by atoms with Gasteiger partial charge in [-0.15, -0.1) is 11.3 Å². The topological polar surface area (TPSA) is 88.9 Å². The van der Waals surface area contributed by atoms with Crippen molar-refractivity contribution in [2.45, 2.75) is 20.8 Å². The van der Waals surface area contributed by atoms with Crippen LogP contribution in [0.3, 0.4) is 0 Å². The number of carbonyl (C=O) groups is 2. The third kappa shape index (κ3) is 4.39. The van der Waals surface area contributed by atoms with Gasteiger partial charge in [0.1, 0.15) is 5.82 Å². The maximum atomic E-state index is 12.4. The Morgan fingerprint density at radius 1 is 0.968 bits per heavy atom. The Morgan fingerprint density at radius 2 is 1.68 bits per heavy atom. The van der Waals surface area contributed by atoms with Crippen LogP contribution in [-0.2, 0) is 4.79 Å². The molecule has 0 saturated heterocycles. The van der Waals surface area contributed by atoms with E-state index in [1.165, 1.54) is 18.3 Å². The van der Waals surface area contributed by atoms with Gasteiger partial charge in [0.25, 0.3) is 5.91 Å². The monoisotopic (exact) mass is 431 g/mol. The first-order chi connectivity index (χ1) is 14.9. The second kappa shape index (κ2) is 8.53. The molecule has 31 heavy (non-hydrogen) atoms. The lowest BCUT2D eigenvalue weighted by atomic mass is 10.0. The quantitative estimate of drug-likeness (QED) is 0.474. The first-order valence-corrected chi connectivity index (χ1v) is 10.6. The predicted molar refractivity (Wildman–Crippen MR) is 123 cm³/mol. The maximum Gasteiger partial charge on any atom is 0.257 e. The highest BCUT2D eigenvalue weighted by Crippen LogP contribution is 2.33. The Morgan fingerprint density at radius 3 is 2.29 bits per heavy atom. The lowest BCUT2D eigenvalue weighted by Gasteiger charge is -2.11. The fraction of sp³-hybridized carbons (Fsp3) is 0.130. The second-order valence-electron chi connectivity index (χ2n) is 7.11. The molecule has 0 aliphatic carbocycles. The number of nitrogens with zero attached hydrogens (tertiary/aromatic N) is 3. The molecule has 2 amide bonds. The largest absolute Gasteiger partial charge is 0.310 e. The molecule has 4 rings (SSSR count). The van der Waals surface area contributed by atoms with Crippen LogP contribution >= 0.6 is 11.3 Å². The molecule has 156 valence electrons. The molecule has 4 aromatic rings. The Bertz CT molecular complexity index is 1230. The smallest absolute Gasteiger partial charge is 0.257 e. The second-order valence-corrected chi connectivity index (χ2v) is 8.00. The van der Waals surface area contributed by atoms with Crippen molar-refractivity contribution >= 4 is 34.1 Å². The van der Waals surface area contributed by atoms with Gasteiger partial charge in [0.05, 0.1) is 11.4 Å². The average Bonchev–Trinajstić information content (AvgIpc) is 3.36. The summed E-state index contributed by atoms with van der Waals surface area (Å²) in [5.74, 6) is 0.170. The molecule has 2 N–H and O–H groups in total. The predicted octanol–water partition coefficient (Wildman–Crippen LogP) is 4.82. The average molecular weight is 432 g/mol. The SMILES string of the molecule is CC(=O)Nc1c(-c2ccc(C)cc2)c(C)nn1-c1ccc(C(=O)Nc2nccs2)cc1. The molecule has 0 bridgehead atoms. The number of thiazole rings is 1. The van der Waals surface area contributed by atoms with Gasteiger partial charge in [0.2, 0.25) is 5.91 Å². The van der Waals surface area contributed by atoms with Gasteiger partial charge >= 0.3 is 0 Å². The van der Waals surface area contributed by atoms with E-state index in [9.17, 15) is 9.59 Å². The van der Waals surface area contributed by atoms with E-state index in [1.807, 2.05) is 38.1 Å². The highest BCUT2D eigenvalue weighted by molar-refractivity contribution is 7.13. The normalized spacial score (nSPS) is 10.7. The molecular weight excluding hydrogens is 410 g/mol. The van der Waals surface area contributed by atoms with E-state index in [2.05, 4.69) is 20.7 Å². The summed E-state index contributed by atoms with van der Waals surface area (Å²) in [6.07, 6.45) is 1.64. The fourth-order valence-corrected chi connectivity index (χ4v) is 3.79. The van der Waals surface area contributed by atoms with Crippen LogP contribution in [-0.4, -0.2) is 26.6 Å². The van der Waals surface area contributed by atoms with Gasteiger partial charge in [-0.05, 0) is 43.7 Å². The van der Waals surface area contributed by atoms with Crippen LogP contribution in [0.4, 0.5) is 10.9 Å². The molecule has 0 radical (unpaired) electrons. The van der Waals surface area contributed by atoms with Crippen LogP contribution in [0.1, 0.15) is 28.5 Å². The zero-order chi connectivity index (χ0) is 22.0. The minimum Gasteiger partial charge on any atom is -0.310 e. The van der Waals surface area contributed by atoms with Crippen molar-refractivity contribution in [1.82, 2.24) is 14.8 Å². The van der Waals surface area contributed by atoms with Crippen LogP contribution in [0.25, 0.3) is 16.8 Å². The zero-order valence-corrected chi connectivity index (χ0v) is 18.2. The summed E-state index contributed by atoms with van der Waals surface area (Å²) in [5, 5.41) is 12.7. The molecule has 0 fully saturated rings. The molecule has 2 aromatic carbocycles. The third-order valence-corrected chi connectivity index (χ3v) is 5.41. The van der Waals surface area contributed by atoms with E-state index in [0.29, 0.717) is 16.5 Å². The van der Waals surface area contributed by atoms with Crippen molar-refractivity contribution in [2.24, 2.45) is 0 Å². The molecule has 2 aromatic heterocycles. The summed E-state index contributed by atoms with van der Waals surface area (Å²) in [7, 11) is 0. The molecule has 0 aliphatic heterocycles. The van der Waals surface area contributed by atoms with Crippen molar-refractivity contribution < 1.29 is 9.59 Å². The molecule has 2 heterocycles. The number of hydrogen-bond acceptors (Lipinski definition) is 5. The van der Waals surface area contributed by atoms with Gasteiger partial charge in [-0.25, -0.2) is 9.67 Å². The summed E-state index contributed by atoms with van der Waals surface area (Å²) in [4.78, 5) is 28.4. The van der Waals surface area contributed by atoms with Crippen molar-refractivity contribution in [1.29, 1.82) is 0 Å². The molecule has 8 heteroatoms. The number of rotatable bonds is 5. The number of nitrogens with one attached hydrogen (secondary N) is 2. The molecule has 0 spiro atoms. The molecular formula is C23H21N5O2S. The number of hydrogen-bond donors (Lipinski definition) is 2. The Hall–Kier alpha value is -3.78. The molecule has 0 unspecified atom stereocenters. The molecule has 0 saturated carbocycles. The van der Waals surface area contributed by atoms with Crippen LogP contribution in [0.2, 0.25) is 0 Å². The van der Waals surface area contributed by atoms with Gasteiger partial charge in [-0.2, -0.15) is 5.10 Å². The van der Waals surface area contributed by atoms with Crippen LogP contribution in [0, 0.1) is 13.8 Å². The van der Waals surface area contributed by atoms with E-state index in [0.717, 1.165) is 28.1 Å². The van der Waals surface area contributed by atoms with E-state index in [4.69, 9.17) is 0 Å². The summed E-state index contributed by atoms with van der Waals surface area (Å²) in [6.45, 7) is 5.41. The van der Waals surface area contributed by atoms with Gasteiger partial charge < -0.3 is 5.32 Å². The Balaban J connectivity index is 1.70. The van der Waals surface area contributed by atoms with Crippen molar-refractivity contribution in [3.05, 3.63) is 76.9 Å². The lowest BCUT2D eigenvalue weighted by molar-refractivity contribution is -0.114.